The minimum absolute atomic E-state index is 0.125. The number of terminal acetylenes is 1. The van der Waals surface area contributed by atoms with Crippen molar-refractivity contribution in [3.63, 3.8) is 0 Å². The van der Waals surface area contributed by atoms with Crippen LogP contribution in [0.15, 0.2) is 36.2 Å². The third kappa shape index (κ3) is 3.39. The fourth-order valence-corrected chi connectivity index (χ4v) is 1.71. The number of carbonyl (C=O) groups is 1. The van der Waals surface area contributed by atoms with Crippen LogP contribution in [0.1, 0.15) is 19.8 Å². The number of anilines is 1. The summed E-state index contributed by atoms with van der Waals surface area (Å²) in [6.45, 7) is 1.83. The molecule has 1 heterocycles. The van der Waals surface area contributed by atoms with Crippen LogP contribution in [-0.4, -0.2) is 15.9 Å². The number of nitrogens with one attached hydrogen (secondary N) is 3. The highest BCUT2D eigenvalue weighted by Gasteiger charge is 2.06. The number of hydrogen-bond donors (Lipinski definition) is 3. The van der Waals surface area contributed by atoms with E-state index in [0.717, 1.165) is 11.0 Å². The Morgan fingerprint density at radius 2 is 2.30 bits per heavy atom. The van der Waals surface area contributed by atoms with Crippen LogP contribution in [0.25, 0.3) is 11.0 Å². The zero-order valence-corrected chi connectivity index (χ0v) is 11.2. The van der Waals surface area contributed by atoms with Crippen molar-refractivity contribution in [2.75, 3.05) is 5.32 Å². The fourth-order valence-electron chi connectivity index (χ4n) is 1.71. The number of allylic oxidation sites excluding steroid dienone is 1. The van der Waals surface area contributed by atoms with Gasteiger partial charge in [-0.05, 0) is 25.1 Å². The van der Waals surface area contributed by atoms with Crippen LogP contribution in [0, 0.1) is 12.3 Å². The molecule has 1 amide bonds. The lowest BCUT2D eigenvalue weighted by atomic mass is 10.3. The van der Waals surface area contributed by atoms with E-state index in [1.807, 2.05) is 31.2 Å². The molecule has 1 aromatic carbocycles. The fraction of sp³-hybridized carbons (Fsp3) is 0.200. The maximum Gasteiger partial charge on any atom is 0.226 e. The second-order valence-corrected chi connectivity index (χ2v) is 4.18. The first-order valence-corrected chi connectivity index (χ1v) is 6.34. The minimum Gasteiger partial charge on any atom is -0.324 e. The molecule has 102 valence electrons. The molecule has 0 saturated carbocycles. The molecule has 5 heteroatoms. The molecule has 2 rings (SSSR count). The van der Waals surface area contributed by atoms with Gasteiger partial charge in [-0.1, -0.05) is 12.1 Å². The zero-order valence-electron chi connectivity index (χ0n) is 11.2. The predicted molar refractivity (Wildman–Crippen MR) is 79.7 cm³/mol. The number of rotatable bonds is 5. The maximum absolute atomic E-state index is 11.6. The van der Waals surface area contributed by atoms with Crippen molar-refractivity contribution >= 4 is 22.9 Å². The van der Waals surface area contributed by atoms with E-state index in [9.17, 15) is 4.79 Å². The second kappa shape index (κ2) is 6.43. The van der Waals surface area contributed by atoms with Gasteiger partial charge in [0, 0.05) is 12.8 Å². The molecule has 5 nitrogen and oxygen atoms in total. The normalized spacial score (nSPS) is 11.1. The third-order valence-corrected chi connectivity index (χ3v) is 2.70. The molecule has 1 aromatic heterocycles. The molecule has 0 radical (unpaired) electrons. The van der Waals surface area contributed by atoms with Gasteiger partial charge in [-0.15, -0.1) is 12.3 Å². The number of aromatic amines is 1. The van der Waals surface area contributed by atoms with Crippen LogP contribution in [0.2, 0.25) is 0 Å². The van der Waals surface area contributed by atoms with E-state index in [-0.39, 0.29) is 5.91 Å². The van der Waals surface area contributed by atoms with Crippen LogP contribution in [0.4, 0.5) is 5.95 Å². The summed E-state index contributed by atoms with van der Waals surface area (Å²) in [5.74, 6) is 3.47. The first-order valence-electron chi connectivity index (χ1n) is 6.34. The Labute approximate surface area is 117 Å². The highest BCUT2D eigenvalue weighted by molar-refractivity contribution is 5.80. The van der Waals surface area contributed by atoms with E-state index in [0.29, 0.717) is 24.6 Å². The van der Waals surface area contributed by atoms with Crippen LogP contribution >= 0.6 is 0 Å². The number of H-pyrrole nitrogens is 1. The number of nitrogens with zero attached hydrogens (tertiary/aromatic N) is 1. The van der Waals surface area contributed by atoms with Crippen molar-refractivity contribution in [3.05, 3.63) is 36.2 Å². The molecule has 0 saturated heterocycles. The standard InChI is InChI=1S/C15H16N4O/c1-3-5-10-14(20)18-13(4-2)19-15-16-11-8-6-7-9-12(11)17-15/h1,4,6-9H,5,10H2,2H3,(H,18,20)(H2,16,17,19)/b13-4+. The first-order chi connectivity index (χ1) is 9.72. The number of amides is 1. The number of hydrogen-bond acceptors (Lipinski definition) is 3. The SMILES string of the molecule is C#CCCC(=O)N/C(=C\C)Nc1nc2ccccc2[nH]1. The molecule has 0 unspecified atom stereocenters. The van der Waals surface area contributed by atoms with Gasteiger partial charge >= 0.3 is 0 Å². The minimum atomic E-state index is -0.125. The molecular formula is C15H16N4O. The van der Waals surface area contributed by atoms with Gasteiger partial charge in [0.1, 0.15) is 5.82 Å². The molecule has 0 aliphatic heterocycles. The average Bonchev–Trinajstić information content (AvgIpc) is 2.86. The highest BCUT2D eigenvalue weighted by Crippen LogP contribution is 2.14. The van der Waals surface area contributed by atoms with Crippen molar-refractivity contribution in [2.45, 2.75) is 19.8 Å². The summed E-state index contributed by atoms with van der Waals surface area (Å²) in [6.07, 6.45) is 7.62. The van der Waals surface area contributed by atoms with Gasteiger partial charge in [0.2, 0.25) is 11.9 Å². The van der Waals surface area contributed by atoms with E-state index < -0.39 is 0 Å². The lowest BCUT2D eigenvalue weighted by molar-refractivity contribution is -0.120. The Balaban J connectivity index is 2.03. The van der Waals surface area contributed by atoms with Gasteiger partial charge in [-0.25, -0.2) is 4.98 Å². The second-order valence-electron chi connectivity index (χ2n) is 4.18. The van der Waals surface area contributed by atoms with Gasteiger partial charge < -0.3 is 15.6 Å². The summed E-state index contributed by atoms with van der Waals surface area (Å²) in [5, 5.41) is 5.79. The topological polar surface area (TPSA) is 69.8 Å². The van der Waals surface area contributed by atoms with Crippen molar-refractivity contribution in [1.29, 1.82) is 0 Å². The van der Waals surface area contributed by atoms with Crippen LogP contribution in [-0.2, 0) is 4.79 Å². The Kier molecular flexibility index (Phi) is 4.40. The summed E-state index contributed by atoms with van der Waals surface area (Å²) < 4.78 is 0. The lowest BCUT2D eigenvalue weighted by Crippen LogP contribution is -2.26. The van der Waals surface area contributed by atoms with Gasteiger partial charge in [0.15, 0.2) is 0 Å². The number of benzene rings is 1. The molecule has 0 spiro atoms. The van der Waals surface area contributed by atoms with E-state index in [1.54, 1.807) is 6.08 Å². The molecule has 2 aromatic rings. The zero-order chi connectivity index (χ0) is 14.4. The molecule has 0 aliphatic carbocycles. The smallest absolute Gasteiger partial charge is 0.226 e. The van der Waals surface area contributed by atoms with Crippen LogP contribution in [0.3, 0.4) is 0 Å². The number of imidazole rings is 1. The average molecular weight is 268 g/mol. The number of aromatic nitrogens is 2. The van der Waals surface area contributed by atoms with Crippen molar-refractivity contribution in [3.8, 4) is 12.3 Å². The Morgan fingerprint density at radius 1 is 1.50 bits per heavy atom. The van der Waals surface area contributed by atoms with Gasteiger partial charge in [-0.2, -0.15) is 0 Å². The van der Waals surface area contributed by atoms with Crippen LogP contribution in [0.5, 0.6) is 0 Å². The van der Waals surface area contributed by atoms with Gasteiger partial charge in [0.25, 0.3) is 0 Å². The lowest BCUT2D eigenvalue weighted by Gasteiger charge is -2.09. The van der Waals surface area contributed by atoms with E-state index in [2.05, 4.69) is 26.5 Å². The number of carbonyl (C=O) groups excluding carboxylic acids is 1. The van der Waals surface area contributed by atoms with Crippen molar-refractivity contribution in [2.24, 2.45) is 0 Å². The maximum atomic E-state index is 11.6. The molecule has 0 atom stereocenters. The molecule has 0 fully saturated rings. The molecule has 0 bridgehead atoms. The summed E-state index contributed by atoms with van der Waals surface area (Å²) >= 11 is 0. The van der Waals surface area contributed by atoms with Crippen molar-refractivity contribution < 1.29 is 4.79 Å². The van der Waals surface area contributed by atoms with Crippen LogP contribution < -0.4 is 10.6 Å². The Bertz CT molecular complexity index is 645. The Hall–Kier alpha value is -2.74. The predicted octanol–water partition coefficient (Wildman–Crippen LogP) is 2.37. The van der Waals surface area contributed by atoms with Gasteiger partial charge in [0.05, 0.1) is 11.0 Å². The largest absolute Gasteiger partial charge is 0.324 e. The quantitative estimate of drug-likeness (QED) is 0.729. The third-order valence-electron chi connectivity index (χ3n) is 2.70. The first kappa shape index (κ1) is 13.7. The highest BCUT2D eigenvalue weighted by atomic mass is 16.1. The molecule has 3 N–H and O–H groups in total. The Morgan fingerprint density at radius 3 is 3.00 bits per heavy atom. The van der Waals surface area contributed by atoms with E-state index in [1.165, 1.54) is 0 Å². The summed E-state index contributed by atoms with van der Waals surface area (Å²) in [7, 11) is 0. The number of para-hydroxylation sites is 2. The summed E-state index contributed by atoms with van der Waals surface area (Å²) in [6, 6.07) is 7.71. The number of fused-ring (bicyclic) bond motifs is 1. The molecular weight excluding hydrogens is 252 g/mol. The van der Waals surface area contributed by atoms with Gasteiger partial charge in [-0.3, -0.25) is 4.79 Å². The molecule has 0 aliphatic rings. The summed E-state index contributed by atoms with van der Waals surface area (Å²) in [4.78, 5) is 19.1. The summed E-state index contributed by atoms with van der Waals surface area (Å²) in [5.41, 5.74) is 1.80. The van der Waals surface area contributed by atoms with E-state index in [4.69, 9.17) is 6.42 Å². The van der Waals surface area contributed by atoms with E-state index >= 15 is 0 Å². The van der Waals surface area contributed by atoms with Crippen molar-refractivity contribution in [1.82, 2.24) is 15.3 Å². The monoisotopic (exact) mass is 268 g/mol. The molecule has 20 heavy (non-hydrogen) atoms.